The minimum atomic E-state index is -0.118. The van der Waals surface area contributed by atoms with Crippen LogP contribution in [0.2, 0.25) is 5.02 Å². The number of fused-ring (bicyclic) bond motifs is 1. The topological polar surface area (TPSA) is 76.6 Å². The van der Waals surface area contributed by atoms with Crippen molar-refractivity contribution in [2.24, 2.45) is 0 Å². The summed E-state index contributed by atoms with van der Waals surface area (Å²) >= 11 is 7.60. The molecule has 1 unspecified atom stereocenters. The van der Waals surface area contributed by atoms with Gasteiger partial charge in [-0.25, -0.2) is 4.98 Å². The smallest absolute Gasteiger partial charge is 0.261 e. The first kappa shape index (κ1) is 22.9. The molecule has 1 atom stereocenters. The molecule has 1 saturated heterocycles. The van der Waals surface area contributed by atoms with Crippen molar-refractivity contribution in [3.05, 3.63) is 51.1 Å². The largest absolute Gasteiger partial charge is 0.480 e. The molecule has 1 amide bonds. The molecular formula is C23H27ClN4O3S. The van der Waals surface area contributed by atoms with Gasteiger partial charge in [-0.05, 0) is 56.1 Å². The monoisotopic (exact) mass is 474 g/mol. The van der Waals surface area contributed by atoms with Crippen LogP contribution in [0.25, 0.3) is 10.2 Å². The van der Waals surface area contributed by atoms with Gasteiger partial charge in [0.25, 0.3) is 5.91 Å². The van der Waals surface area contributed by atoms with E-state index in [0.717, 1.165) is 34.4 Å². The van der Waals surface area contributed by atoms with Crippen molar-refractivity contribution in [3.8, 4) is 5.88 Å². The van der Waals surface area contributed by atoms with Crippen LogP contribution >= 0.6 is 22.9 Å². The highest BCUT2D eigenvalue weighted by Crippen LogP contribution is 2.35. The molecule has 7 nitrogen and oxygen atoms in total. The third-order valence-electron chi connectivity index (χ3n) is 5.75. The molecule has 1 aliphatic rings. The van der Waals surface area contributed by atoms with Crippen molar-refractivity contribution in [1.29, 1.82) is 0 Å². The van der Waals surface area contributed by atoms with Gasteiger partial charge in [-0.3, -0.25) is 9.69 Å². The zero-order valence-electron chi connectivity index (χ0n) is 18.5. The van der Waals surface area contributed by atoms with E-state index in [4.69, 9.17) is 21.1 Å². The van der Waals surface area contributed by atoms with Crippen LogP contribution in [-0.2, 0) is 11.3 Å². The molecule has 1 aromatic carbocycles. The summed E-state index contributed by atoms with van der Waals surface area (Å²) in [6.07, 6.45) is 2.34. The maximum Gasteiger partial charge on any atom is 0.261 e. The summed E-state index contributed by atoms with van der Waals surface area (Å²) in [5, 5.41) is 4.62. The lowest BCUT2D eigenvalue weighted by molar-refractivity contribution is 0.0941. The Balaban J connectivity index is 1.59. The first-order valence-corrected chi connectivity index (χ1v) is 11.8. The van der Waals surface area contributed by atoms with Gasteiger partial charge in [-0.15, -0.1) is 11.3 Å². The lowest BCUT2D eigenvalue weighted by atomic mass is 10.1. The Bertz CT molecular complexity index is 1110. The standard InChI is InChI=1S/C23H27ClN4O3S/c1-14-19-22(31-3)26-18(13-30-2)27-23(19)32-20(14)21(29)25-12-17(28-9-4-5-10-28)15-7-6-8-16(24)11-15/h6-8,11,17H,4-5,9-10,12-13H2,1-3H3,(H,25,29). The zero-order valence-corrected chi connectivity index (χ0v) is 20.1. The number of nitrogens with zero attached hydrogens (tertiary/aromatic N) is 3. The fourth-order valence-electron chi connectivity index (χ4n) is 4.20. The fourth-order valence-corrected chi connectivity index (χ4v) is 5.50. The zero-order chi connectivity index (χ0) is 22.7. The van der Waals surface area contributed by atoms with Crippen LogP contribution < -0.4 is 10.1 Å². The van der Waals surface area contributed by atoms with E-state index in [1.165, 1.54) is 24.2 Å². The number of methoxy groups -OCH3 is 2. The molecule has 0 bridgehead atoms. The molecule has 170 valence electrons. The number of thiophene rings is 1. The molecule has 1 aliphatic heterocycles. The summed E-state index contributed by atoms with van der Waals surface area (Å²) in [5.74, 6) is 0.871. The second-order valence-corrected chi connectivity index (χ2v) is 9.28. The number of hydrogen-bond donors (Lipinski definition) is 1. The Hall–Kier alpha value is -2.26. The molecule has 1 fully saturated rings. The van der Waals surface area contributed by atoms with Crippen molar-refractivity contribution < 1.29 is 14.3 Å². The number of ether oxygens (including phenoxy) is 2. The third-order valence-corrected chi connectivity index (χ3v) is 7.17. The Morgan fingerprint density at radius 2 is 2.06 bits per heavy atom. The van der Waals surface area contributed by atoms with Crippen LogP contribution in [0, 0.1) is 6.92 Å². The maximum absolute atomic E-state index is 13.2. The molecular weight excluding hydrogens is 448 g/mol. The number of aromatic nitrogens is 2. The third kappa shape index (κ3) is 4.73. The van der Waals surface area contributed by atoms with Crippen LogP contribution in [0.1, 0.15) is 45.5 Å². The minimum absolute atomic E-state index is 0.0810. The van der Waals surface area contributed by atoms with Crippen LogP contribution in [0.3, 0.4) is 0 Å². The number of halogens is 1. The van der Waals surface area contributed by atoms with E-state index >= 15 is 0 Å². The van der Waals surface area contributed by atoms with Gasteiger partial charge in [0.15, 0.2) is 5.82 Å². The predicted octanol–water partition coefficient (Wildman–Crippen LogP) is 4.38. The quantitative estimate of drug-likeness (QED) is 0.522. The molecule has 2 aromatic heterocycles. The van der Waals surface area contributed by atoms with Gasteiger partial charge >= 0.3 is 0 Å². The van der Waals surface area contributed by atoms with E-state index in [1.807, 2.05) is 25.1 Å². The van der Waals surface area contributed by atoms with Gasteiger partial charge in [0.05, 0.1) is 23.4 Å². The molecule has 0 aliphatic carbocycles. The summed E-state index contributed by atoms with van der Waals surface area (Å²) in [5.41, 5.74) is 1.94. The Labute approximate surface area is 196 Å². The van der Waals surface area contributed by atoms with Crippen LogP contribution in [0.4, 0.5) is 0 Å². The fraction of sp³-hybridized carbons (Fsp3) is 0.435. The van der Waals surface area contributed by atoms with Crippen molar-refractivity contribution in [1.82, 2.24) is 20.2 Å². The number of aryl methyl sites for hydroxylation is 1. The average molecular weight is 475 g/mol. The van der Waals surface area contributed by atoms with Gasteiger partial charge in [-0.2, -0.15) is 4.98 Å². The minimum Gasteiger partial charge on any atom is -0.480 e. The summed E-state index contributed by atoms with van der Waals surface area (Å²) in [7, 11) is 3.16. The molecule has 32 heavy (non-hydrogen) atoms. The number of likely N-dealkylation sites (tertiary alicyclic amines) is 1. The van der Waals surface area contributed by atoms with Crippen LogP contribution in [0.15, 0.2) is 24.3 Å². The summed E-state index contributed by atoms with van der Waals surface area (Å²) in [6.45, 7) is 4.73. The van der Waals surface area contributed by atoms with Gasteiger partial charge in [0, 0.05) is 18.7 Å². The molecule has 3 aromatic rings. The van der Waals surface area contributed by atoms with E-state index in [0.29, 0.717) is 28.1 Å². The van der Waals surface area contributed by atoms with Crippen molar-refractivity contribution >= 4 is 39.1 Å². The number of carbonyl (C=O) groups is 1. The highest BCUT2D eigenvalue weighted by atomic mass is 35.5. The Morgan fingerprint density at radius 1 is 1.28 bits per heavy atom. The Kier molecular flexibility index (Phi) is 7.25. The first-order valence-electron chi connectivity index (χ1n) is 10.6. The highest BCUT2D eigenvalue weighted by Gasteiger charge is 2.26. The number of nitrogens with one attached hydrogen (secondary N) is 1. The molecule has 1 N–H and O–H groups in total. The predicted molar refractivity (Wildman–Crippen MR) is 127 cm³/mol. The van der Waals surface area contributed by atoms with Gasteiger partial charge in [0.1, 0.15) is 11.4 Å². The number of amides is 1. The lowest BCUT2D eigenvalue weighted by Gasteiger charge is -2.28. The average Bonchev–Trinajstić information content (AvgIpc) is 3.42. The molecule has 0 saturated carbocycles. The van der Waals surface area contributed by atoms with Gasteiger partial charge in [0.2, 0.25) is 5.88 Å². The second-order valence-electron chi connectivity index (χ2n) is 7.84. The van der Waals surface area contributed by atoms with Gasteiger partial charge in [-0.1, -0.05) is 23.7 Å². The highest BCUT2D eigenvalue weighted by molar-refractivity contribution is 7.20. The normalized spacial score (nSPS) is 15.2. The number of hydrogen-bond acceptors (Lipinski definition) is 7. The molecule has 3 heterocycles. The van der Waals surface area contributed by atoms with E-state index < -0.39 is 0 Å². The Morgan fingerprint density at radius 3 is 2.75 bits per heavy atom. The molecule has 4 rings (SSSR count). The van der Waals surface area contributed by atoms with Crippen LogP contribution in [-0.4, -0.2) is 54.6 Å². The van der Waals surface area contributed by atoms with Crippen molar-refractivity contribution in [2.45, 2.75) is 32.4 Å². The van der Waals surface area contributed by atoms with E-state index in [1.54, 1.807) is 14.2 Å². The maximum atomic E-state index is 13.2. The van der Waals surface area contributed by atoms with E-state index in [2.05, 4.69) is 26.3 Å². The number of rotatable bonds is 8. The van der Waals surface area contributed by atoms with Crippen molar-refractivity contribution in [2.75, 3.05) is 33.9 Å². The summed E-state index contributed by atoms with van der Waals surface area (Å²) in [4.78, 5) is 25.9. The molecule has 0 spiro atoms. The first-order chi connectivity index (χ1) is 15.5. The SMILES string of the molecule is COCc1nc(OC)c2c(C)c(C(=O)NCC(c3cccc(Cl)c3)N3CCCC3)sc2n1. The number of benzene rings is 1. The van der Waals surface area contributed by atoms with Gasteiger partial charge < -0.3 is 14.8 Å². The lowest BCUT2D eigenvalue weighted by Crippen LogP contribution is -2.36. The number of carbonyl (C=O) groups excluding carboxylic acids is 1. The van der Waals surface area contributed by atoms with Crippen LogP contribution in [0.5, 0.6) is 5.88 Å². The summed E-state index contributed by atoms with van der Waals surface area (Å²) in [6, 6.07) is 7.97. The summed E-state index contributed by atoms with van der Waals surface area (Å²) < 4.78 is 10.6. The molecule has 9 heteroatoms. The second kappa shape index (κ2) is 10.1. The van der Waals surface area contributed by atoms with Crippen molar-refractivity contribution in [3.63, 3.8) is 0 Å². The molecule has 0 radical (unpaired) electrons. The van der Waals surface area contributed by atoms with E-state index in [9.17, 15) is 4.79 Å². The van der Waals surface area contributed by atoms with E-state index in [-0.39, 0.29) is 18.6 Å².